The van der Waals surface area contributed by atoms with Crippen LogP contribution in [-0.4, -0.2) is 25.4 Å². The molecule has 1 aromatic rings. The van der Waals surface area contributed by atoms with Crippen LogP contribution in [0, 0.1) is 0 Å². The summed E-state index contributed by atoms with van der Waals surface area (Å²) in [4.78, 5) is 0. The molecule has 0 radical (unpaired) electrons. The van der Waals surface area contributed by atoms with Crippen LogP contribution in [0.2, 0.25) is 0 Å². The Morgan fingerprint density at radius 3 is 2.50 bits per heavy atom. The van der Waals surface area contributed by atoms with E-state index in [0.29, 0.717) is 12.1 Å². The lowest BCUT2D eigenvalue weighted by atomic mass is 10.1. The van der Waals surface area contributed by atoms with Crippen LogP contribution in [0.4, 0.5) is 13.2 Å². The van der Waals surface area contributed by atoms with E-state index in [-0.39, 0.29) is 0 Å². The maximum absolute atomic E-state index is 12.7. The summed E-state index contributed by atoms with van der Waals surface area (Å²) in [5.41, 5.74) is 0.715. The summed E-state index contributed by atoms with van der Waals surface area (Å²) < 4.78 is 43.9. The minimum atomic E-state index is -4.36. The first-order valence-corrected chi connectivity index (χ1v) is 7.32. The van der Waals surface area contributed by atoms with Crippen LogP contribution in [0.15, 0.2) is 28.7 Å². The van der Waals surface area contributed by atoms with E-state index < -0.39 is 18.4 Å². The summed E-state index contributed by atoms with van der Waals surface area (Å²) in [5.74, 6) is 0. The second kappa shape index (κ2) is 8.00. The molecule has 0 saturated carbocycles. The zero-order chi connectivity index (χ0) is 15.2. The van der Waals surface area contributed by atoms with E-state index in [0.717, 1.165) is 24.4 Å². The van der Waals surface area contributed by atoms with Crippen LogP contribution in [0.5, 0.6) is 0 Å². The van der Waals surface area contributed by atoms with Crippen molar-refractivity contribution in [1.82, 2.24) is 5.32 Å². The Morgan fingerprint density at radius 1 is 1.30 bits per heavy atom. The van der Waals surface area contributed by atoms with Gasteiger partial charge in [-0.05, 0) is 31.5 Å². The lowest BCUT2D eigenvalue weighted by Crippen LogP contribution is -2.33. The molecule has 2 atom stereocenters. The maximum atomic E-state index is 12.7. The lowest BCUT2D eigenvalue weighted by molar-refractivity contribution is -0.227. The van der Waals surface area contributed by atoms with E-state index in [1.807, 2.05) is 13.0 Å². The second-order valence-electron chi connectivity index (χ2n) is 4.53. The van der Waals surface area contributed by atoms with Gasteiger partial charge in [0.2, 0.25) is 0 Å². The van der Waals surface area contributed by atoms with Crippen LogP contribution in [0.1, 0.15) is 31.9 Å². The molecule has 0 saturated heterocycles. The average molecular weight is 354 g/mol. The van der Waals surface area contributed by atoms with Gasteiger partial charge in [-0.15, -0.1) is 0 Å². The highest BCUT2D eigenvalue weighted by atomic mass is 79.9. The number of alkyl halides is 3. The van der Waals surface area contributed by atoms with Gasteiger partial charge in [0.25, 0.3) is 0 Å². The van der Waals surface area contributed by atoms with Crippen molar-refractivity contribution >= 4 is 15.9 Å². The molecule has 0 aromatic heterocycles. The Balaban J connectivity index is 2.83. The van der Waals surface area contributed by atoms with Crippen LogP contribution in [0.3, 0.4) is 0 Å². The lowest BCUT2D eigenvalue weighted by Gasteiger charge is -2.25. The molecule has 0 heterocycles. The van der Waals surface area contributed by atoms with Crippen LogP contribution >= 0.6 is 15.9 Å². The molecule has 1 N–H and O–H groups in total. The van der Waals surface area contributed by atoms with Gasteiger partial charge in [0.15, 0.2) is 6.10 Å². The van der Waals surface area contributed by atoms with Gasteiger partial charge in [0, 0.05) is 11.0 Å². The fourth-order valence-corrected chi connectivity index (χ4v) is 2.24. The highest BCUT2D eigenvalue weighted by molar-refractivity contribution is 9.10. The molecule has 0 fully saturated rings. The van der Waals surface area contributed by atoms with Crippen LogP contribution in [0.25, 0.3) is 0 Å². The molecule has 1 aromatic carbocycles. The minimum Gasteiger partial charge on any atom is -0.360 e. The molecule has 0 bridgehead atoms. The smallest absolute Gasteiger partial charge is 0.360 e. The molecular formula is C14H19BrF3NO. The first-order valence-electron chi connectivity index (χ1n) is 6.53. The van der Waals surface area contributed by atoms with Gasteiger partial charge in [-0.1, -0.05) is 41.1 Å². The number of nitrogens with one attached hydrogen (secondary N) is 1. The van der Waals surface area contributed by atoms with Crippen LogP contribution in [-0.2, 0) is 4.74 Å². The Kier molecular flexibility index (Phi) is 6.99. The Morgan fingerprint density at radius 2 is 1.95 bits per heavy atom. The summed E-state index contributed by atoms with van der Waals surface area (Å²) in [6.07, 6.45) is -5.89. The molecule has 0 aliphatic carbocycles. The predicted octanol–water partition coefficient (Wildman–Crippen LogP) is 4.46. The third-order valence-corrected chi connectivity index (χ3v) is 3.56. The van der Waals surface area contributed by atoms with Crippen molar-refractivity contribution < 1.29 is 17.9 Å². The van der Waals surface area contributed by atoms with Gasteiger partial charge in [-0.2, -0.15) is 13.2 Å². The van der Waals surface area contributed by atoms with E-state index >= 15 is 0 Å². The molecular weight excluding hydrogens is 335 g/mol. The van der Waals surface area contributed by atoms with Gasteiger partial charge in [0.05, 0.1) is 6.10 Å². The van der Waals surface area contributed by atoms with Gasteiger partial charge >= 0.3 is 6.18 Å². The van der Waals surface area contributed by atoms with Crippen molar-refractivity contribution in [3.63, 3.8) is 0 Å². The summed E-state index contributed by atoms with van der Waals surface area (Å²) in [7, 11) is 0. The van der Waals surface area contributed by atoms with Crippen molar-refractivity contribution in [3.8, 4) is 0 Å². The third kappa shape index (κ3) is 5.42. The van der Waals surface area contributed by atoms with Crippen molar-refractivity contribution in [2.24, 2.45) is 0 Å². The zero-order valence-corrected chi connectivity index (χ0v) is 13.1. The molecule has 0 aliphatic heterocycles. The van der Waals surface area contributed by atoms with Crippen molar-refractivity contribution in [2.45, 2.75) is 38.7 Å². The van der Waals surface area contributed by atoms with E-state index in [4.69, 9.17) is 4.74 Å². The first-order chi connectivity index (χ1) is 9.36. The highest BCUT2D eigenvalue weighted by Crippen LogP contribution is 2.31. The molecule has 20 heavy (non-hydrogen) atoms. The van der Waals surface area contributed by atoms with Gasteiger partial charge < -0.3 is 10.1 Å². The molecule has 2 unspecified atom stereocenters. The molecule has 114 valence electrons. The number of ether oxygens (including phenoxy) is 1. The van der Waals surface area contributed by atoms with Crippen molar-refractivity contribution in [2.75, 3.05) is 13.1 Å². The normalized spacial score (nSPS) is 15.1. The first kappa shape index (κ1) is 17.5. The standard InChI is InChI=1S/C14H19BrF3NO/c1-3-8-19-9-13(20-10(2)14(16,17)18)11-6-4-5-7-12(11)15/h4-7,10,13,19H,3,8-9H2,1-2H3. The fraction of sp³-hybridized carbons (Fsp3) is 0.571. The molecule has 0 amide bonds. The Labute approximate surface area is 125 Å². The molecule has 0 aliphatic rings. The number of hydrogen-bond donors (Lipinski definition) is 1. The highest BCUT2D eigenvalue weighted by Gasteiger charge is 2.38. The monoisotopic (exact) mass is 353 g/mol. The quantitative estimate of drug-likeness (QED) is 0.730. The third-order valence-electron chi connectivity index (χ3n) is 2.84. The van der Waals surface area contributed by atoms with E-state index in [9.17, 15) is 13.2 Å². The van der Waals surface area contributed by atoms with Crippen LogP contribution < -0.4 is 5.32 Å². The Hall–Kier alpha value is -0.590. The van der Waals surface area contributed by atoms with Gasteiger partial charge in [-0.25, -0.2) is 0 Å². The summed E-state index contributed by atoms with van der Waals surface area (Å²) in [6, 6.07) is 7.17. The predicted molar refractivity (Wildman–Crippen MR) is 76.6 cm³/mol. The zero-order valence-electron chi connectivity index (χ0n) is 11.5. The average Bonchev–Trinajstić information content (AvgIpc) is 2.37. The van der Waals surface area contributed by atoms with Gasteiger partial charge in [-0.3, -0.25) is 0 Å². The van der Waals surface area contributed by atoms with E-state index in [1.54, 1.807) is 18.2 Å². The number of rotatable bonds is 7. The SMILES string of the molecule is CCCNCC(OC(C)C(F)(F)F)c1ccccc1Br. The summed E-state index contributed by atoms with van der Waals surface area (Å²) in [5, 5.41) is 3.10. The summed E-state index contributed by atoms with van der Waals surface area (Å²) in [6.45, 7) is 4.12. The molecule has 2 nitrogen and oxygen atoms in total. The number of halogens is 4. The minimum absolute atomic E-state index is 0.344. The van der Waals surface area contributed by atoms with E-state index in [2.05, 4.69) is 21.2 Å². The number of hydrogen-bond acceptors (Lipinski definition) is 2. The van der Waals surface area contributed by atoms with Crippen molar-refractivity contribution in [1.29, 1.82) is 0 Å². The molecule has 0 spiro atoms. The fourth-order valence-electron chi connectivity index (χ4n) is 1.70. The van der Waals surface area contributed by atoms with Gasteiger partial charge in [0.1, 0.15) is 0 Å². The van der Waals surface area contributed by atoms with E-state index in [1.165, 1.54) is 0 Å². The Bertz CT molecular complexity index is 412. The largest absolute Gasteiger partial charge is 0.414 e. The summed E-state index contributed by atoms with van der Waals surface area (Å²) >= 11 is 3.36. The number of benzene rings is 1. The maximum Gasteiger partial charge on any atom is 0.414 e. The second-order valence-corrected chi connectivity index (χ2v) is 5.39. The topological polar surface area (TPSA) is 21.3 Å². The molecule has 6 heteroatoms. The molecule has 1 rings (SSSR count). The van der Waals surface area contributed by atoms with Crippen molar-refractivity contribution in [3.05, 3.63) is 34.3 Å².